The molecule has 0 radical (unpaired) electrons. The van der Waals surface area contributed by atoms with Crippen LogP contribution in [0.15, 0.2) is 24.3 Å². The number of ether oxygens (including phenoxy) is 2. The van der Waals surface area contributed by atoms with Crippen LogP contribution in [0.4, 0.5) is 4.79 Å². The normalized spacial score (nSPS) is 20.6. The Bertz CT molecular complexity index is 566. The zero-order valence-corrected chi connectivity index (χ0v) is 15.3. The summed E-state index contributed by atoms with van der Waals surface area (Å²) in [5.74, 6) is 0. The van der Waals surface area contributed by atoms with Gasteiger partial charge in [-0.05, 0) is 65.2 Å². The lowest BCUT2D eigenvalue weighted by atomic mass is 10.0. The fourth-order valence-corrected chi connectivity index (χ4v) is 3.01. The molecule has 1 aliphatic rings. The van der Waals surface area contributed by atoms with E-state index in [1.807, 2.05) is 58.9 Å². The van der Waals surface area contributed by atoms with Crippen LogP contribution in [-0.2, 0) is 15.9 Å². The zero-order valence-electron chi connectivity index (χ0n) is 14.6. The smallest absolute Gasteiger partial charge is 0.412 e. The number of halogens is 1. The molecule has 0 N–H and O–H groups in total. The van der Waals surface area contributed by atoms with Crippen molar-refractivity contribution in [3.05, 3.63) is 34.9 Å². The van der Waals surface area contributed by atoms with Gasteiger partial charge >= 0.3 is 6.09 Å². The van der Waals surface area contributed by atoms with Gasteiger partial charge in [0.05, 0.1) is 12.6 Å². The van der Waals surface area contributed by atoms with Crippen molar-refractivity contribution in [2.45, 2.75) is 64.8 Å². The number of benzene rings is 1. The molecule has 0 spiro atoms. The summed E-state index contributed by atoms with van der Waals surface area (Å²) in [6, 6.07) is 7.81. The second kappa shape index (κ2) is 6.70. The van der Waals surface area contributed by atoms with Crippen molar-refractivity contribution >= 4 is 17.7 Å². The highest BCUT2D eigenvalue weighted by Gasteiger charge is 2.45. The van der Waals surface area contributed by atoms with Gasteiger partial charge in [-0.15, -0.1) is 0 Å². The van der Waals surface area contributed by atoms with E-state index in [1.54, 1.807) is 4.90 Å². The Kier molecular flexibility index (Phi) is 5.27. The molecule has 1 heterocycles. The third-order valence-electron chi connectivity index (χ3n) is 3.82. The lowest BCUT2D eigenvalue weighted by Gasteiger charge is -2.35. The molecule has 0 aliphatic carbocycles. The average molecular weight is 340 g/mol. The fraction of sp³-hybridized carbons (Fsp3) is 0.611. The van der Waals surface area contributed by atoms with Gasteiger partial charge < -0.3 is 9.47 Å². The third-order valence-corrected chi connectivity index (χ3v) is 4.05. The Labute approximate surface area is 143 Å². The average Bonchev–Trinajstić information content (AvgIpc) is 2.69. The van der Waals surface area contributed by atoms with E-state index in [9.17, 15) is 4.79 Å². The molecule has 1 aromatic rings. The summed E-state index contributed by atoms with van der Waals surface area (Å²) in [6.45, 7) is 9.93. The van der Waals surface area contributed by atoms with E-state index >= 15 is 0 Å². The first kappa shape index (κ1) is 18.1. The number of nitrogens with zero attached hydrogens (tertiary/aromatic N) is 1. The number of carbonyl (C=O) groups is 1. The van der Waals surface area contributed by atoms with Gasteiger partial charge in [0.15, 0.2) is 0 Å². The maximum Gasteiger partial charge on any atom is 0.412 e. The molecule has 0 bridgehead atoms. The van der Waals surface area contributed by atoms with Crippen LogP contribution in [0.5, 0.6) is 0 Å². The standard InChI is InChI=1S/C18H26ClNO3/c1-17(2,3)23-16(21)20-15(12-22-18(20,4)5)10-9-13-7-6-8-14(19)11-13/h6-8,11,15H,9-10,12H2,1-5H3/t15-/m1/s1. The maximum atomic E-state index is 12.6. The Balaban J connectivity index is 2.06. The molecule has 128 valence electrons. The quantitative estimate of drug-likeness (QED) is 0.805. The minimum absolute atomic E-state index is 0.00108. The van der Waals surface area contributed by atoms with E-state index in [1.165, 1.54) is 0 Å². The van der Waals surface area contributed by atoms with Gasteiger partial charge in [0.2, 0.25) is 0 Å². The molecule has 1 aliphatic heterocycles. The van der Waals surface area contributed by atoms with Crippen molar-refractivity contribution in [3.8, 4) is 0 Å². The molecule has 1 atom stereocenters. The van der Waals surface area contributed by atoms with E-state index in [2.05, 4.69) is 0 Å². The number of hydrogen-bond acceptors (Lipinski definition) is 3. The van der Waals surface area contributed by atoms with Crippen LogP contribution in [0.25, 0.3) is 0 Å². The first-order chi connectivity index (χ1) is 10.6. The summed E-state index contributed by atoms with van der Waals surface area (Å²) >= 11 is 6.03. The minimum Gasteiger partial charge on any atom is -0.444 e. The van der Waals surface area contributed by atoms with E-state index in [0.717, 1.165) is 23.4 Å². The molecule has 0 unspecified atom stereocenters. The van der Waals surface area contributed by atoms with Gasteiger partial charge in [-0.2, -0.15) is 0 Å². The lowest BCUT2D eigenvalue weighted by molar-refractivity contribution is -0.0626. The highest BCUT2D eigenvalue weighted by molar-refractivity contribution is 6.30. The van der Waals surface area contributed by atoms with Crippen molar-refractivity contribution in [1.82, 2.24) is 4.90 Å². The Morgan fingerprint density at radius 1 is 1.43 bits per heavy atom. The topological polar surface area (TPSA) is 38.8 Å². The van der Waals surface area contributed by atoms with Crippen LogP contribution in [-0.4, -0.2) is 35.0 Å². The Morgan fingerprint density at radius 3 is 2.74 bits per heavy atom. The third kappa shape index (κ3) is 4.85. The highest BCUT2D eigenvalue weighted by atomic mass is 35.5. The summed E-state index contributed by atoms with van der Waals surface area (Å²) in [4.78, 5) is 14.3. The highest BCUT2D eigenvalue weighted by Crippen LogP contribution is 2.31. The summed E-state index contributed by atoms with van der Waals surface area (Å²) in [7, 11) is 0. The van der Waals surface area contributed by atoms with Gasteiger partial charge in [0.1, 0.15) is 11.3 Å². The first-order valence-electron chi connectivity index (χ1n) is 7.99. The van der Waals surface area contributed by atoms with Crippen LogP contribution in [0.1, 0.15) is 46.6 Å². The maximum absolute atomic E-state index is 12.6. The molecular formula is C18H26ClNO3. The van der Waals surface area contributed by atoms with Crippen LogP contribution in [0.3, 0.4) is 0 Å². The van der Waals surface area contributed by atoms with Crippen LogP contribution in [0, 0.1) is 0 Å². The molecule has 0 aromatic heterocycles. The summed E-state index contributed by atoms with van der Waals surface area (Å²) in [5.41, 5.74) is -0.0134. The van der Waals surface area contributed by atoms with Gasteiger partial charge in [-0.3, -0.25) is 4.90 Å². The summed E-state index contributed by atoms with van der Waals surface area (Å²) < 4.78 is 11.4. The van der Waals surface area contributed by atoms with Crippen molar-refractivity contribution in [2.24, 2.45) is 0 Å². The Morgan fingerprint density at radius 2 is 2.13 bits per heavy atom. The SMILES string of the molecule is CC(C)(C)OC(=O)N1[C@H](CCc2cccc(Cl)c2)COC1(C)C. The van der Waals surface area contributed by atoms with Gasteiger partial charge in [0.25, 0.3) is 0 Å². The molecule has 2 rings (SSSR count). The fourth-order valence-electron chi connectivity index (χ4n) is 2.80. The van der Waals surface area contributed by atoms with Crippen molar-refractivity contribution < 1.29 is 14.3 Å². The van der Waals surface area contributed by atoms with E-state index in [-0.39, 0.29) is 12.1 Å². The predicted molar refractivity (Wildman–Crippen MR) is 91.7 cm³/mol. The summed E-state index contributed by atoms with van der Waals surface area (Å²) in [5, 5.41) is 0.731. The second-order valence-electron chi connectivity index (χ2n) is 7.43. The minimum atomic E-state index is -0.651. The lowest BCUT2D eigenvalue weighted by Crippen LogP contribution is -2.49. The van der Waals surface area contributed by atoms with E-state index < -0.39 is 11.3 Å². The second-order valence-corrected chi connectivity index (χ2v) is 7.87. The molecule has 23 heavy (non-hydrogen) atoms. The van der Waals surface area contributed by atoms with Crippen LogP contribution in [0.2, 0.25) is 5.02 Å². The van der Waals surface area contributed by atoms with E-state index in [4.69, 9.17) is 21.1 Å². The monoisotopic (exact) mass is 339 g/mol. The molecule has 1 aromatic carbocycles. The number of aryl methyl sites for hydroxylation is 1. The number of rotatable bonds is 3. The zero-order chi connectivity index (χ0) is 17.3. The van der Waals surface area contributed by atoms with Crippen molar-refractivity contribution in [1.29, 1.82) is 0 Å². The largest absolute Gasteiger partial charge is 0.444 e. The summed E-state index contributed by atoms with van der Waals surface area (Å²) in [6.07, 6.45) is 1.32. The van der Waals surface area contributed by atoms with Gasteiger partial charge in [-0.1, -0.05) is 23.7 Å². The van der Waals surface area contributed by atoms with Gasteiger partial charge in [0, 0.05) is 5.02 Å². The number of carbonyl (C=O) groups excluding carboxylic acids is 1. The molecule has 5 heteroatoms. The molecule has 1 fully saturated rings. The van der Waals surface area contributed by atoms with Crippen molar-refractivity contribution in [2.75, 3.05) is 6.61 Å². The molecule has 0 saturated carbocycles. The van der Waals surface area contributed by atoms with E-state index in [0.29, 0.717) is 6.61 Å². The molecular weight excluding hydrogens is 314 g/mol. The predicted octanol–water partition coefficient (Wildman–Crippen LogP) is 4.64. The van der Waals surface area contributed by atoms with Crippen LogP contribution >= 0.6 is 11.6 Å². The number of hydrogen-bond donors (Lipinski definition) is 0. The Hall–Kier alpha value is -1.26. The van der Waals surface area contributed by atoms with Crippen molar-refractivity contribution in [3.63, 3.8) is 0 Å². The van der Waals surface area contributed by atoms with Gasteiger partial charge in [-0.25, -0.2) is 4.79 Å². The molecule has 1 amide bonds. The molecule has 1 saturated heterocycles. The van der Waals surface area contributed by atoms with Crippen LogP contribution < -0.4 is 0 Å². The number of amides is 1. The molecule has 4 nitrogen and oxygen atoms in total. The first-order valence-corrected chi connectivity index (χ1v) is 8.37.